The fourth-order valence-electron chi connectivity index (χ4n) is 2.98. The Labute approximate surface area is 186 Å². The van der Waals surface area contributed by atoms with E-state index in [1.165, 1.54) is 28.6 Å². The number of halogens is 1. The number of hydrogen-bond acceptors (Lipinski definition) is 6. The summed E-state index contributed by atoms with van der Waals surface area (Å²) in [5, 5.41) is 3.10. The van der Waals surface area contributed by atoms with Crippen molar-refractivity contribution in [3.8, 4) is 0 Å². The zero-order valence-electron chi connectivity index (χ0n) is 16.7. The molecule has 0 saturated carbocycles. The summed E-state index contributed by atoms with van der Waals surface area (Å²) in [6.07, 6.45) is 0.973. The second kappa shape index (κ2) is 9.53. The number of benzene rings is 2. The number of sulfonamides is 2. The monoisotopic (exact) mass is 487 g/mol. The van der Waals surface area contributed by atoms with Crippen LogP contribution in [0.3, 0.4) is 0 Å². The van der Waals surface area contributed by atoms with Gasteiger partial charge in [-0.15, -0.1) is 0 Å². The van der Waals surface area contributed by atoms with Crippen LogP contribution in [-0.4, -0.2) is 66.2 Å². The van der Waals surface area contributed by atoms with Crippen LogP contribution in [-0.2, 0) is 29.6 Å². The first-order valence-electron chi connectivity index (χ1n) is 9.28. The summed E-state index contributed by atoms with van der Waals surface area (Å²) >= 11 is 5.81. The van der Waals surface area contributed by atoms with Crippen molar-refractivity contribution in [2.45, 2.75) is 4.90 Å². The van der Waals surface area contributed by atoms with Gasteiger partial charge in [-0.05, 0) is 48.5 Å². The number of anilines is 2. The third kappa shape index (κ3) is 5.95. The lowest BCUT2D eigenvalue weighted by atomic mass is 10.3. The summed E-state index contributed by atoms with van der Waals surface area (Å²) in [6, 6.07) is 11.8. The van der Waals surface area contributed by atoms with E-state index in [1.807, 2.05) is 0 Å². The van der Waals surface area contributed by atoms with Crippen LogP contribution < -0.4 is 9.62 Å². The van der Waals surface area contributed by atoms with Gasteiger partial charge in [-0.2, -0.15) is 4.31 Å². The maximum Gasteiger partial charge on any atom is 0.245 e. The molecule has 12 heteroatoms. The number of rotatable bonds is 7. The van der Waals surface area contributed by atoms with Crippen molar-refractivity contribution in [3.05, 3.63) is 53.6 Å². The zero-order chi connectivity index (χ0) is 22.6. The molecule has 1 N–H and O–H groups in total. The van der Waals surface area contributed by atoms with Crippen LogP contribution in [0.15, 0.2) is 53.4 Å². The first-order chi connectivity index (χ1) is 14.6. The molecule has 0 aromatic heterocycles. The highest BCUT2D eigenvalue weighted by Crippen LogP contribution is 2.23. The number of hydrogen-bond donors (Lipinski definition) is 1. The number of morpholine rings is 1. The molecule has 3 rings (SSSR count). The normalized spacial score (nSPS) is 15.4. The molecule has 31 heavy (non-hydrogen) atoms. The molecule has 0 spiro atoms. The Bertz CT molecular complexity index is 1130. The van der Waals surface area contributed by atoms with Gasteiger partial charge in [0.2, 0.25) is 26.0 Å². The summed E-state index contributed by atoms with van der Waals surface area (Å²) in [5.74, 6) is -0.558. The van der Waals surface area contributed by atoms with Gasteiger partial charge in [0, 0.05) is 23.8 Å². The average molecular weight is 488 g/mol. The molecular weight excluding hydrogens is 466 g/mol. The highest BCUT2D eigenvalue weighted by Gasteiger charge is 2.27. The second-order valence-corrected chi connectivity index (χ2v) is 11.1. The van der Waals surface area contributed by atoms with E-state index < -0.39 is 32.5 Å². The number of carbonyl (C=O) groups excluding carboxylic acids is 1. The predicted octanol–water partition coefficient (Wildman–Crippen LogP) is 1.77. The van der Waals surface area contributed by atoms with Crippen LogP contribution in [0.4, 0.5) is 11.4 Å². The maximum atomic E-state index is 12.7. The highest BCUT2D eigenvalue weighted by atomic mass is 35.5. The number of nitrogens with zero attached hydrogens (tertiary/aromatic N) is 2. The van der Waals surface area contributed by atoms with Crippen LogP contribution in [0.2, 0.25) is 5.02 Å². The van der Waals surface area contributed by atoms with Crippen molar-refractivity contribution < 1.29 is 26.4 Å². The summed E-state index contributed by atoms with van der Waals surface area (Å²) in [4.78, 5) is 12.4. The SMILES string of the molecule is CS(=O)(=O)N(CC(=O)Nc1ccc(Cl)cc1)c1ccc(S(=O)(=O)N2CCOCC2)cc1. The first kappa shape index (κ1) is 23.5. The Balaban J connectivity index is 1.78. The van der Waals surface area contributed by atoms with Gasteiger partial charge in [-0.3, -0.25) is 9.10 Å². The Morgan fingerprint density at radius 1 is 1.03 bits per heavy atom. The van der Waals surface area contributed by atoms with Crippen LogP contribution in [0.5, 0.6) is 0 Å². The van der Waals surface area contributed by atoms with Gasteiger partial charge < -0.3 is 10.1 Å². The molecule has 1 heterocycles. The third-order valence-corrected chi connectivity index (χ3v) is 7.85. The van der Waals surface area contributed by atoms with Crippen LogP contribution >= 0.6 is 11.6 Å². The van der Waals surface area contributed by atoms with Gasteiger partial charge >= 0.3 is 0 Å². The van der Waals surface area contributed by atoms with E-state index in [-0.39, 0.29) is 23.7 Å². The average Bonchev–Trinajstić information content (AvgIpc) is 2.74. The molecule has 0 atom stereocenters. The number of amides is 1. The number of ether oxygens (including phenoxy) is 1. The molecule has 168 valence electrons. The lowest BCUT2D eigenvalue weighted by Crippen LogP contribution is -2.40. The van der Waals surface area contributed by atoms with E-state index in [0.29, 0.717) is 23.9 Å². The molecule has 0 aliphatic carbocycles. The molecule has 2 aromatic carbocycles. The van der Waals surface area contributed by atoms with Gasteiger partial charge in [0.25, 0.3) is 0 Å². The molecule has 1 aliphatic heterocycles. The summed E-state index contributed by atoms with van der Waals surface area (Å²) in [5.41, 5.74) is 0.643. The third-order valence-electron chi connectivity index (χ3n) is 4.55. The molecule has 0 bridgehead atoms. The molecule has 1 amide bonds. The molecule has 1 saturated heterocycles. The fraction of sp³-hybridized carbons (Fsp3) is 0.316. The van der Waals surface area contributed by atoms with Gasteiger partial charge in [0.05, 0.1) is 30.1 Å². The Morgan fingerprint density at radius 3 is 2.16 bits per heavy atom. The summed E-state index contributed by atoms with van der Waals surface area (Å²) < 4.78 is 57.4. The standard InChI is InChI=1S/C19H22ClN3O6S2/c1-30(25,26)23(14-19(24)21-16-4-2-15(20)3-5-16)17-6-8-18(9-7-17)31(27,28)22-10-12-29-13-11-22/h2-9H,10-14H2,1H3,(H,21,24). The van der Waals surface area contributed by atoms with Crippen molar-refractivity contribution >= 4 is 48.9 Å². The fourth-order valence-corrected chi connectivity index (χ4v) is 5.37. The Kier molecular flexibility index (Phi) is 7.22. The van der Waals surface area contributed by atoms with Crippen LogP contribution in [0.25, 0.3) is 0 Å². The van der Waals surface area contributed by atoms with Crippen molar-refractivity contribution in [1.82, 2.24) is 4.31 Å². The van der Waals surface area contributed by atoms with Crippen molar-refractivity contribution in [3.63, 3.8) is 0 Å². The molecule has 1 fully saturated rings. The number of carbonyl (C=O) groups is 1. The Hall–Kier alpha value is -2.18. The summed E-state index contributed by atoms with van der Waals surface area (Å²) in [6.45, 7) is 0.676. The molecule has 0 radical (unpaired) electrons. The van der Waals surface area contributed by atoms with E-state index in [4.69, 9.17) is 16.3 Å². The molecule has 9 nitrogen and oxygen atoms in total. The molecule has 2 aromatic rings. The van der Waals surface area contributed by atoms with E-state index in [0.717, 1.165) is 10.6 Å². The lowest BCUT2D eigenvalue weighted by molar-refractivity contribution is -0.114. The molecule has 1 aliphatic rings. The van der Waals surface area contributed by atoms with E-state index in [9.17, 15) is 21.6 Å². The van der Waals surface area contributed by atoms with Crippen LogP contribution in [0, 0.1) is 0 Å². The molecule has 0 unspecified atom stereocenters. The number of nitrogens with one attached hydrogen (secondary N) is 1. The van der Waals surface area contributed by atoms with Crippen molar-refractivity contribution in [2.75, 3.05) is 48.7 Å². The minimum absolute atomic E-state index is 0.0391. The van der Waals surface area contributed by atoms with Gasteiger partial charge in [0.15, 0.2) is 0 Å². The first-order valence-corrected chi connectivity index (χ1v) is 12.9. The summed E-state index contributed by atoms with van der Waals surface area (Å²) in [7, 11) is -7.52. The van der Waals surface area contributed by atoms with Gasteiger partial charge in [-0.25, -0.2) is 16.8 Å². The molecular formula is C19H22ClN3O6S2. The Morgan fingerprint density at radius 2 is 1.61 bits per heavy atom. The van der Waals surface area contributed by atoms with Crippen molar-refractivity contribution in [2.24, 2.45) is 0 Å². The smallest absolute Gasteiger partial charge is 0.245 e. The topological polar surface area (TPSA) is 113 Å². The lowest BCUT2D eigenvalue weighted by Gasteiger charge is -2.26. The van der Waals surface area contributed by atoms with Crippen LogP contribution in [0.1, 0.15) is 0 Å². The minimum atomic E-state index is -3.81. The van der Waals surface area contributed by atoms with Crippen molar-refractivity contribution in [1.29, 1.82) is 0 Å². The highest BCUT2D eigenvalue weighted by molar-refractivity contribution is 7.92. The van der Waals surface area contributed by atoms with Gasteiger partial charge in [0.1, 0.15) is 6.54 Å². The largest absolute Gasteiger partial charge is 0.379 e. The minimum Gasteiger partial charge on any atom is -0.379 e. The zero-order valence-corrected chi connectivity index (χ0v) is 19.1. The van der Waals surface area contributed by atoms with E-state index in [2.05, 4.69) is 5.32 Å². The quantitative estimate of drug-likeness (QED) is 0.636. The van der Waals surface area contributed by atoms with E-state index >= 15 is 0 Å². The van der Waals surface area contributed by atoms with Gasteiger partial charge in [-0.1, -0.05) is 11.6 Å². The van der Waals surface area contributed by atoms with E-state index in [1.54, 1.807) is 24.3 Å². The predicted molar refractivity (Wildman–Crippen MR) is 118 cm³/mol. The maximum absolute atomic E-state index is 12.7. The second-order valence-electron chi connectivity index (χ2n) is 6.84.